The first-order valence-corrected chi connectivity index (χ1v) is 5.65. The third-order valence-electron chi connectivity index (χ3n) is 2.14. The number of aromatic nitrogens is 2. The van der Waals surface area contributed by atoms with Gasteiger partial charge in [-0.05, 0) is 0 Å². The van der Waals surface area contributed by atoms with Gasteiger partial charge in [-0.2, -0.15) is 0 Å². The number of ether oxygens (including phenoxy) is 2. The minimum absolute atomic E-state index is 0.202. The van der Waals surface area contributed by atoms with E-state index in [0.29, 0.717) is 21.6 Å². The molecule has 6 heteroatoms. The predicted molar refractivity (Wildman–Crippen MR) is 63.0 cm³/mol. The molecule has 0 aliphatic carbocycles. The average Bonchev–Trinajstić information content (AvgIpc) is 2.27. The van der Waals surface area contributed by atoms with E-state index in [1.54, 1.807) is 20.3 Å². The molecule has 0 fully saturated rings. The fourth-order valence-electron chi connectivity index (χ4n) is 1.40. The first-order chi connectivity index (χ1) is 7.65. The molecule has 0 aliphatic rings. The Morgan fingerprint density at radius 1 is 1.12 bits per heavy atom. The zero-order chi connectivity index (χ0) is 11.7. The molecular formula is C10H8ClN2O2Se. The predicted octanol–water partition coefficient (Wildman–Crippen LogP) is 1.09. The second kappa shape index (κ2) is 4.45. The van der Waals surface area contributed by atoms with E-state index >= 15 is 0 Å². The van der Waals surface area contributed by atoms with Crippen LogP contribution in [-0.4, -0.2) is 40.2 Å². The number of halogens is 1. The van der Waals surface area contributed by atoms with Crippen molar-refractivity contribution in [2.24, 2.45) is 0 Å². The van der Waals surface area contributed by atoms with Crippen molar-refractivity contribution < 1.29 is 9.47 Å². The van der Waals surface area contributed by atoms with Gasteiger partial charge in [0.15, 0.2) is 0 Å². The number of methoxy groups -OCH3 is 2. The average molecular weight is 303 g/mol. The molecule has 1 radical (unpaired) electrons. The maximum atomic E-state index is 5.78. The number of fused-ring (bicyclic) bond motifs is 1. The van der Waals surface area contributed by atoms with Crippen LogP contribution < -0.4 is 14.1 Å². The third-order valence-corrected chi connectivity index (χ3v) is 2.96. The van der Waals surface area contributed by atoms with Crippen LogP contribution in [0.25, 0.3) is 10.9 Å². The zero-order valence-electron chi connectivity index (χ0n) is 8.65. The van der Waals surface area contributed by atoms with Gasteiger partial charge in [-0.15, -0.1) is 0 Å². The number of nitrogens with zero attached hydrogens (tertiary/aromatic N) is 2. The zero-order valence-corrected chi connectivity index (χ0v) is 11.1. The Labute approximate surface area is 106 Å². The van der Waals surface area contributed by atoms with Crippen molar-refractivity contribution in [2.75, 3.05) is 14.2 Å². The SMILES string of the molecule is COc1cc2nc(Cl)nc([Se])c2cc1OC. The number of hydrogen-bond acceptors (Lipinski definition) is 4. The van der Waals surface area contributed by atoms with Crippen LogP contribution in [0.5, 0.6) is 11.5 Å². The summed E-state index contributed by atoms with van der Waals surface area (Å²) in [5.41, 5.74) is 0.714. The molecule has 0 bridgehead atoms. The molecule has 0 atom stereocenters. The maximum absolute atomic E-state index is 5.78. The summed E-state index contributed by atoms with van der Waals surface area (Å²) >= 11 is 8.62. The molecule has 16 heavy (non-hydrogen) atoms. The Balaban J connectivity index is 2.78. The van der Waals surface area contributed by atoms with Crippen LogP contribution in [0.2, 0.25) is 5.28 Å². The van der Waals surface area contributed by atoms with E-state index in [4.69, 9.17) is 21.1 Å². The molecule has 1 aromatic heterocycles. The topological polar surface area (TPSA) is 44.2 Å². The Morgan fingerprint density at radius 3 is 2.38 bits per heavy atom. The van der Waals surface area contributed by atoms with E-state index in [-0.39, 0.29) is 5.28 Å². The molecule has 0 N–H and O–H groups in total. The molecule has 0 saturated carbocycles. The van der Waals surface area contributed by atoms with Crippen molar-refractivity contribution in [1.82, 2.24) is 9.97 Å². The molecule has 0 unspecified atom stereocenters. The van der Waals surface area contributed by atoms with Gasteiger partial charge in [0.25, 0.3) is 0 Å². The fraction of sp³-hybridized carbons (Fsp3) is 0.200. The van der Waals surface area contributed by atoms with Crippen LogP contribution in [0.1, 0.15) is 0 Å². The number of rotatable bonds is 2. The quantitative estimate of drug-likeness (QED) is 0.615. The first kappa shape index (κ1) is 11.5. The summed E-state index contributed by atoms with van der Waals surface area (Å²) in [4.78, 5) is 8.15. The van der Waals surface area contributed by atoms with Gasteiger partial charge in [0.1, 0.15) is 0 Å². The molecule has 2 rings (SSSR count). The summed E-state index contributed by atoms with van der Waals surface area (Å²) in [6.07, 6.45) is 0. The van der Waals surface area contributed by atoms with E-state index < -0.39 is 0 Å². The molecule has 0 spiro atoms. The summed E-state index contributed by atoms with van der Waals surface area (Å²) in [5.74, 6) is 1.25. The van der Waals surface area contributed by atoms with E-state index in [0.717, 1.165) is 5.39 Å². The van der Waals surface area contributed by atoms with Crippen molar-refractivity contribution in [1.29, 1.82) is 0 Å². The Kier molecular flexibility index (Phi) is 3.19. The van der Waals surface area contributed by atoms with Crippen molar-refractivity contribution in [2.45, 2.75) is 0 Å². The standard InChI is InChI=1S/C10H8ClN2O2Se/c1-14-7-3-5-6(4-8(7)15-2)12-10(11)13-9(5)16/h3-4H,1-2H3. The Hall–Kier alpha value is -1.03. The summed E-state index contributed by atoms with van der Waals surface area (Å²) in [5, 5.41) is 1.05. The molecule has 0 saturated heterocycles. The van der Waals surface area contributed by atoms with Gasteiger partial charge in [-0.25, -0.2) is 0 Å². The minimum atomic E-state index is 0.202. The van der Waals surface area contributed by atoms with Crippen molar-refractivity contribution in [3.63, 3.8) is 0 Å². The van der Waals surface area contributed by atoms with Crippen LogP contribution in [0.4, 0.5) is 0 Å². The second-order valence-electron chi connectivity index (χ2n) is 3.02. The van der Waals surface area contributed by atoms with Gasteiger partial charge in [0.05, 0.1) is 0 Å². The molecular weight excluding hydrogens is 295 g/mol. The monoisotopic (exact) mass is 303 g/mol. The van der Waals surface area contributed by atoms with E-state index in [1.165, 1.54) is 0 Å². The van der Waals surface area contributed by atoms with Gasteiger partial charge in [-0.3, -0.25) is 0 Å². The van der Waals surface area contributed by atoms with Gasteiger partial charge >= 0.3 is 106 Å². The van der Waals surface area contributed by atoms with Crippen LogP contribution in [0.3, 0.4) is 0 Å². The normalized spacial score (nSPS) is 10.4. The Morgan fingerprint density at radius 2 is 1.75 bits per heavy atom. The molecule has 0 aliphatic heterocycles. The molecule has 4 nitrogen and oxygen atoms in total. The van der Waals surface area contributed by atoms with Crippen LogP contribution in [0.15, 0.2) is 12.1 Å². The van der Waals surface area contributed by atoms with E-state index in [9.17, 15) is 0 Å². The van der Waals surface area contributed by atoms with Crippen molar-refractivity contribution in [3.05, 3.63) is 17.4 Å². The molecule has 2 aromatic rings. The summed E-state index contributed by atoms with van der Waals surface area (Å²) in [6, 6.07) is 3.58. The summed E-state index contributed by atoms with van der Waals surface area (Å²) in [6.45, 7) is 0. The fourth-order valence-corrected chi connectivity index (χ4v) is 2.21. The van der Waals surface area contributed by atoms with Crippen molar-refractivity contribution in [3.8, 4) is 11.5 Å². The van der Waals surface area contributed by atoms with E-state index in [1.807, 2.05) is 6.07 Å². The van der Waals surface area contributed by atoms with Gasteiger partial charge < -0.3 is 0 Å². The molecule has 0 amide bonds. The summed E-state index contributed by atoms with van der Waals surface area (Å²) in [7, 11) is 3.16. The Bertz CT molecular complexity index is 548. The van der Waals surface area contributed by atoms with Gasteiger partial charge in [0, 0.05) is 0 Å². The van der Waals surface area contributed by atoms with Gasteiger partial charge in [0.2, 0.25) is 0 Å². The number of hydrogen-bond donors (Lipinski definition) is 0. The van der Waals surface area contributed by atoms with Crippen LogP contribution in [0, 0.1) is 0 Å². The first-order valence-electron chi connectivity index (χ1n) is 4.42. The molecule has 83 valence electrons. The van der Waals surface area contributed by atoms with Crippen LogP contribution >= 0.6 is 11.6 Å². The molecule has 1 aromatic carbocycles. The van der Waals surface area contributed by atoms with Crippen molar-refractivity contribution >= 4 is 43.1 Å². The second-order valence-corrected chi connectivity index (χ2v) is 4.17. The third kappa shape index (κ3) is 1.94. The number of benzene rings is 1. The molecule has 1 heterocycles. The summed E-state index contributed by atoms with van der Waals surface area (Å²) < 4.78 is 11.1. The van der Waals surface area contributed by atoms with E-state index in [2.05, 4.69) is 26.0 Å². The van der Waals surface area contributed by atoms with Gasteiger partial charge in [-0.1, -0.05) is 0 Å². The van der Waals surface area contributed by atoms with Crippen LogP contribution in [-0.2, 0) is 0 Å².